The Morgan fingerprint density at radius 1 is 1.20 bits per heavy atom. The summed E-state index contributed by atoms with van der Waals surface area (Å²) in [6.45, 7) is 15.1. The number of allylic oxidation sites excluding steroid dienone is 3. The maximum absolute atomic E-state index is 6.09. The van der Waals surface area contributed by atoms with Crippen molar-refractivity contribution in [3.63, 3.8) is 0 Å². The SMILES string of the molecule is C=N/C=C(C)\C(=C/C)CC(C)c1nc2cc(C)c(C)cc2n1Cc1ccc(Cl)cc1. The van der Waals surface area contributed by atoms with Crippen molar-refractivity contribution < 1.29 is 0 Å². The number of aryl methyl sites for hydroxylation is 2. The molecule has 0 saturated carbocycles. The molecule has 0 spiro atoms. The van der Waals surface area contributed by atoms with Crippen LogP contribution in [-0.4, -0.2) is 16.3 Å². The van der Waals surface area contributed by atoms with E-state index in [4.69, 9.17) is 16.6 Å². The van der Waals surface area contributed by atoms with Crippen molar-refractivity contribution in [3.8, 4) is 0 Å². The van der Waals surface area contributed by atoms with Crippen LogP contribution in [-0.2, 0) is 6.54 Å². The Kier molecular flexibility index (Phi) is 6.94. The number of aromatic nitrogens is 2. The minimum absolute atomic E-state index is 0.254. The summed E-state index contributed by atoms with van der Waals surface area (Å²) in [5.41, 5.74) is 8.40. The van der Waals surface area contributed by atoms with Crippen LogP contribution < -0.4 is 0 Å². The van der Waals surface area contributed by atoms with Gasteiger partial charge in [0.2, 0.25) is 0 Å². The van der Waals surface area contributed by atoms with Gasteiger partial charge in [0.15, 0.2) is 0 Å². The highest BCUT2D eigenvalue weighted by molar-refractivity contribution is 6.30. The molecule has 0 radical (unpaired) electrons. The van der Waals surface area contributed by atoms with E-state index in [1.165, 1.54) is 27.8 Å². The largest absolute Gasteiger partial charge is 0.323 e. The average molecular weight is 420 g/mol. The Hall–Kier alpha value is -2.65. The lowest BCUT2D eigenvalue weighted by atomic mass is 9.95. The molecule has 1 aromatic heterocycles. The van der Waals surface area contributed by atoms with E-state index in [0.717, 1.165) is 34.9 Å². The van der Waals surface area contributed by atoms with Gasteiger partial charge in [-0.3, -0.25) is 4.99 Å². The number of aliphatic imine (C=N–C) groups is 1. The zero-order chi connectivity index (χ0) is 21.8. The van der Waals surface area contributed by atoms with Crippen LogP contribution in [0, 0.1) is 13.8 Å². The lowest BCUT2D eigenvalue weighted by Crippen LogP contribution is -2.09. The summed E-state index contributed by atoms with van der Waals surface area (Å²) >= 11 is 6.09. The van der Waals surface area contributed by atoms with E-state index in [2.05, 4.69) is 81.2 Å². The van der Waals surface area contributed by atoms with E-state index in [1.54, 1.807) is 0 Å². The number of imidazole rings is 1. The molecular weight excluding hydrogens is 390 g/mol. The quantitative estimate of drug-likeness (QED) is 0.290. The molecule has 3 nitrogen and oxygen atoms in total. The van der Waals surface area contributed by atoms with Crippen LogP contribution in [0.5, 0.6) is 0 Å². The molecule has 1 unspecified atom stereocenters. The fourth-order valence-corrected chi connectivity index (χ4v) is 3.99. The Balaban J connectivity index is 2.07. The number of fused-ring (bicyclic) bond motifs is 1. The summed E-state index contributed by atoms with van der Waals surface area (Å²) in [5.74, 6) is 1.35. The molecule has 0 amide bonds. The average Bonchev–Trinajstić information content (AvgIpc) is 3.05. The third-order valence-electron chi connectivity index (χ3n) is 5.75. The monoisotopic (exact) mass is 419 g/mol. The van der Waals surface area contributed by atoms with Crippen molar-refractivity contribution >= 4 is 29.4 Å². The Labute approximate surface area is 184 Å². The molecule has 0 aliphatic heterocycles. The molecule has 3 aromatic rings. The Morgan fingerprint density at radius 2 is 1.87 bits per heavy atom. The first-order valence-electron chi connectivity index (χ1n) is 10.3. The van der Waals surface area contributed by atoms with Crippen molar-refractivity contribution in [1.82, 2.24) is 9.55 Å². The summed E-state index contributed by atoms with van der Waals surface area (Å²) in [7, 11) is 0. The normalized spacial score (nSPS) is 13.7. The Morgan fingerprint density at radius 3 is 2.50 bits per heavy atom. The van der Waals surface area contributed by atoms with Gasteiger partial charge in [-0.1, -0.05) is 36.7 Å². The number of nitrogens with zero attached hydrogens (tertiary/aromatic N) is 3. The fraction of sp³-hybridized carbons (Fsp3) is 0.308. The van der Waals surface area contributed by atoms with Crippen LogP contribution in [0.3, 0.4) is 0 Å². The molecule has 2 aromatic carbocycles. The molecule has 3 rings (SSSR count). The zero-order valence-electron chi connectivity index (χ0n) is 18.5. The molecule has 1 atom stereocenters. The van der Waals surface area contributed by atoms with Crippen molar-refractivity contribution in [3.05, 3.63) is 87.4 Å². The molecular formula is C26H30ClN3. The summed E-state index contributed by atoms with van der Waals surface area (Å²) in [4.78, 5) is 9.01. The van der Waals surface area contributed by atoms with Crippen LogP contribution in [0.15, 0.2) is 64.8 Å². The van der Waals surface area contributed by atoms with Crippen molar-refractivity contribution in [2.45, 2.75) is 53.5 Å². The van der Waals surface area contributed by atoms with Gasteiger partial charge >= 0.3 is 0 Å². The third-order valence-corrected chi connectivity index (χ3v) is 6.01. The van der Waals surface area contributed by atoms with Crippen LogP contribution in [0.1, 0.15) is 55.6 Å². The first kappa shape index (κ1) is 22.0. The van der Waals surface area contributed by atoms with Gasteiger partial charge in [-0.15, -0.1) is 0 Å². The molecule has 0 bridgehead atoms. The Bertz CT molecular complexity index is 1120. The lowest BCUT2D eigenvalue weighted by molar-refractivity contribution is 0.639. The highest BCUT2D eigenvalue weighted by Gasteiger charge is 2.19. The standard InChI is InChI=1S/C26H30ClN3/c1-7-22(20(5)15-28-6)12-19(4)26-29-24-13-17(2)18(3)14-25(24)30(26)16-21-8-10-23(27)11-9-21/h7-11,13-15,19H,6,12,16H2,1-5H3/b20-15-,22-7-. The van der Waals surface area contributed by atoms with Crippen LogP contribution in [0.25, 0.3) is 11.0 Å². The van der Waals surface area contributed by atoms with Gasteiger partial charge in [0.05, 0.1) is 11.0 Å². The van der Waals surface area contributed by atoms with E-state index in [9.17, 15) is 0 Å². The van der Waals surface area contributed by atoms with Crippen molar-refractivity contribution in [2.75, 3.05) is 0 Å². The van der Waals surface area contributed by atoms with Crippen LogP contribution >= 0.6 is 11.6 Å². The minimum Gasteiger partial charge on any atom is -0.323 e. The zero-order valence-corrected chi connectivity index (χ0v) is 19.3. The third kappa shape index (κ3) is 4.73. The van der Waals surface area contributed by atoms with Crippen molar-refractivity contribution in [2.24, 2.45) is 4.99 Å². The minimum atomic E-state index is 0.254. The smallest absolute Gasteiger partial charge is 0.113 e. The highest BCUT2D eigenvalue weighted by Crippen LogP contribution is 2.31. The highest BCUT2D eigenvalue weighted by atomic mass is 35.5. The van der Waals surface area contributed by atoms with Gasteiger partial charge in [0.1, 0.15) is 5.82 Å². The predicted octanol–water partition coefficient (Wildman–Crippen LogP) is 7.40. The molecule has 30 heavy (non-hydrogen) atoms. The maximum atomic E-state index is 6.09. The molecule has 4 heteroatoms. The maximum Gasteiger partial charge on any atom is 0.113 e. The van der Waals surface area contributed by atoms with Gasteiger partial charge in [0, 0.05) is 23.7 Å². The lowest BCUT2D eigenvalue weighted by Gasteiger charge is -2.17. The summed E-state index contributed by atoms with van der Waals surface area (Å²) in [5, 5.41) is 0.755. The topological polar surface area (TPSA) is 30.2 Å². The van der Waals surface area contributed by atoms with Gasteiger partial charge in [-0.25, -0.2) is 4.98 Å². The molecule has 0 aliphatic rings. The molecule has 156 valence electrons. The van der Waals surface area contributed by atoms with Crippen molar-refractivity contribution in [1.29, 1.82) is 0 Å². The number of hydrogen-bond donors (Lipinski definition) is 0. The van der Waals surface area contributed by atoms with Crippen LogP contribution in [0.2, 0.25) is 5.02 Å². The second-order valence-electron chi connectivity index (χ2n) is 8.02. The number of rotatable bonds is 7. The van der Waals surface area contributed by atoms with Gasteiger partial charge < -0.3 is 4.57 Å². The number of benzene rings is 2. The van der Waals surface area contributed by atoms with E-state index < -0.39 is 0 Å². The second kappa shape index (κ2) is 9.44. The molecule has 0 aliphatic carbocycles. The molecule has 0 saturated heterocycles. The van der Waals surface area contributed by atoms with E-state index in [1.807, 2.05) is 18.3 Å². The van der Waals surface area contributed by atoms with Gasteiger partial charge in [-0.05, 0) is 92.9 Å². The van der Waals surface area contributed by atoms with E-state index in [-0.39, 0.29) is 5.92 Å². The second-order valence-corrected chi connectivity index (χ2v) is 8.46. The van der Waals surface area contributed by atoms with E-state index >= 15 is 0 Å². The first-order valence-corrected chi connectivity index (χ1v) is 10.7. The molecule has 0 fully saturated rings. The predicted molar refractivity (Wildman–Crippen MR) is 130 cm³/mol. The summed E-state index contributed by atoms with van der Waals surface area (Å²) in [6, 6.07) is 12.5. The summed E-state index contributed by atoms with van der Waals surface area (Å²) in [6.07, 6.45) is 4.88. The summed E-state index contributed by atoms with van der Waals surface area (Å²) < 4.78 is 2.35. The molecule has 1 heterocycles. The number of hydrogen-bond acceptors (Lipinski definition) is 2. The van der Waals surface area contributed by atoms with Gasteiger partial charge in [0.25, 0.3) is 0 Å². The molecule has 0 N–H and O–H groups in total. The first-order chi connectivity index (χ1) is 14.3. The van der Waals surface area contributed by atoms with Crippen LogP contribution in [0.4, 0.5) is 0 Å². The van der Waals surface area contributed by atoms with E-state index in [0.29, 0.717) is 0 Å². The van der Waals surface area contributed by atoms with Gasteiger partial charge in [-0.2, -0.15) is 0 Å². The fourth-order valence-electron chi connectivity index (χ4n) is 3.86. The number of halogens is 1.